The summed E-state index contributed by atoms with van der Waals surface area (Å²) in [5.74, 6) is 0.768. The van der Waals surface area contributed by atoms with Gasteiger partial charge in [-0.3, -0.25) is 0 Å². The van der Waals surface area contributed by atoms with Gasteiger partial charge in [-0.15, -0.1) is 0 Å². The van der Waals surface area contributed by atoms with Crippen LogP contribution in [-0.4, -0.2) is 6.54 Å². The van der Waals surface area contributed by atoms with Gasteiger partial charge < -0.3 is 5.32 Å². The summed E-state index contributed by atoms with van der Waals surface area (Å²) in [6.07, 6.45) is 2.44. The Labute approximate surface area is 98.3 Å². The summed E-state index contributed by atoms with van der Waals surface area (Å²) in [4.78, 5) is 0. The van der Waals surface area contributed by atoms with E-state index in [2.05, 4.69) is 25.2 Å². The molecule has 0 spiro atoms. The number of hydrogen-bond acceptors (Lipinski definition) is 2. The fourth-order valence-electron chi connectivity index (χ4n) is 1.64. The van der Waals surface area contributed by atoms with E-state index in [9.17, 15) is 0 Å². The van der Waals surface area contributed by atoms with E-state index in [1.807, 2.05) is 25.1 Å². The summed E-state index contributed by atoms with van der Waals surface area (Å²) in [7, 11) is 0. The van der Waals surface area contributed by atoms with Gasteiger partial charge in [0.05, 0.1) is 11.6 Å². The molecule has 2 heteroatoms. The summed E-state index contributed by atoms with van der Waals surface area (Å²) in [5, 5.41) is 12.2. The first-order valence-electron chi connectivity index (χ1n) is 5.88. The second-order valence-corrected chi connectivity index (χ2v) is 4.60. The summed E-state index contributed by atoms with van der Waals surface area (Å²) in [6, 6.07) is 8.06. The van der Waals surface area contributed by atoms with E-state index in [-0.39, 0.29) is 0 Å². The molecule has 0 atom stereocenters. The first-order chi connectivity index (χ1) is 7.63. The molecule has 1 aromatic carbocycles. The Balaban J connectivity index is 2.44. The lowest BCUT2D eigenvalue weighted by atomic mass is 10.1. The average Bonchev–Trinajstić information content (AvgIpc) is 2.24. The second kappa shape index (κ2) is 6.17. The SMILES string of the molecule is Cc1cc(NCCCC(C)C)ccc1C#N. The monoisotopic (exact) mass is 216 g/mol. The van der Waals surface area contributed by atoms with E-state index < -0.39 is 0 Å². The predicted octanol–water partition coefficient (Wildman–Crippen LogP) is 3.71. The molecule has 0 aromatic heterocycles. The fraction of sp³-hybridized carbons (Fsp3) is 0.500. The highest BCUT2D eigenvalue weighted by Gasteiger charge is 1.99. The van der Waals surface area contributed by atoms with Gasteiger partial charge in [0.2, 0.25) is 0 Å². The van der Waals surface area contributed by atoms with Crippen LogP contribution in [0.4, 0.5) is 5.69 Å². The van der Waals surface area contributed by atoms with E-state index in [4.69, 9.17) is 5.26 Å². The van der Waals surface area contributed by atoms with E-state index >= 15 is 0 Å². The first-order valence-corrected chi connectivity index (χ1v) is 5.88. The molecule has 0 aliphatic carbocycles. The molecule has 86 valence electrons. The lowest BCUT2D eigenvalue weighted by Gasteiger charge is -2.09. The fourth-order valence-corrected chi connectivity index (χ4v) is 1.64. The standard InChI is InChI=1S/C14H20N2/c1-11(2)5-4-8-16-14-7-6-13(10-15)12(3)9-14/h6-7,9,11,16H,4-5,8H2,1-3H3. The number of anilines is 1. The van der Waals surface area contributed by atoms with Gasteiger partial charge in [0, 0.05) is 12.2 Å². The predicted molar refractivity (Wildman–Crippen MR) is 68.5 cm³/mol. The third-order valence-corrected chi connectivity index (χ3v) is 2.63. The molecule has 1 rings (SSSR count). The van der Waals surface area contributed by atoms with E-state index in [1.165, 1.54) is 12.8 Å². The molecule has 1 aromatic rings. The topological polar surface area (TPSA) is 35.8 Å². The maximum absolute atomic E-state index is 8.81. The van der Waals surface area contributed by atoms with Crippen molar-refractivity contribution in [2.45, 2.75) is 33.6 Å². The molecule has 0 aliphatic heterocycles. The minimum atomic E-state index is 0.757. The number of nitrogens with one attached hydrogen (secondary N) is 1. The average molecular weight is 216 g/mol. The summed E-state index contributed by atoms with van der Waals surface area (Å²) in [6.45, 7) is 7.46. The van der Waals surface area contributed by atoms with Gasteiger partial charge in [-0.25, -0.2) is 0 Å². The molecule has 0 saturated carbocycles. The van der Waals surface area contributed by atoms with Crippen LogP contribution in [0.2, 0.25) is 0 Å². The van der Waals surface area contributed by atoms with Crippen molar-refractivity contribution in [3.05, 3.63) is 29.3 Å². The van der Waals surface area contributed by atoms with Crippen molar-refractivity contribution in [1.29, 1.82) is 5.26 Å². The van der Waals surface area contributed by atoms with E-state index in [0.717, 1.165) is 29.3 Å². The number of rotatable bonds is 5. The number of nitrogens with zero attached hydrogens (tertiary/aromatic N) is 1. The third-order valence-electron chi connectivity index (χ3n) is 2.63. The normalized spacial score (nSPS) is 10.2. The second-order valence-electron chi connectivity index (χ2n) is 4.60. The Morgan fingerprint density at radius 1 is 1.38 bits per heavy atom. The third kappa shape index (κ3) is 3.94. The molecule has 0 aliphatic rings. The van der Waals surface area contributed by atoms with Gasteiger partial charge in [0.1, 0.15) is 0 Å². The lowest BCUT2D eigenvalue weighted by molar-refractivity contribution is 0.567. The molecular formula is C14H20N2. The number of aryl methyl sites for hydroxylation is 1. The maximum atomic E-state index is 8.81. The molecule has 0 saturated heterocycles. The molecule has 0 unspecified atom stereocenters. The van der Waals surface area contributed by atoms with Gasteiger partial charge in [0.25, 0.3) is 0 Å². The lowest BCUT2D eigenvalue weighted by Crippen LogP contribution is -2.03. The van der Waals surface area contributed by atoms with Crippen LogP contribution >= 0.6 is 0 Å². The van der Waals surface area contributed by atoms with Crippen LogP contribution < -0.4 is 5.32 Å². The first kappa shape index (κ1) is 12.6. The smallest absolute Gasteiger partial charge is 0.0994 e. The van der Waals surface area contributed by atoms with Crippen molar-refractivity contribution < 1.29 is 0 Å². The van der Waals surface area contributed by atoms with Gasteiger partial charge in [-0.2, -0.15) is 5.26 Å². The number of benzene rings is 1. The quantitative estimate of drug-likeness (QED) is 0.761. The van der Waals surface area contributed by atoms with Crippen molar-refractivity contribution in [3.63, 3.8) is 0 Å². The van der Waals surface area contributed by atoms with Gasteiger partial charge >= 0.3 is 0 Å². The van der Waals surface area contributed by atoms with Crippen LogP contribution in [-0.2, 0) is 0 Å². The van der Waals surface area contributed by atoms with Crippen LogP contribution in [0.1, 0.15) is 37.8 Å². The van der Waals surface area contributed by atoms with Crippen LogP contribution in [0.15, 0.2) is 18.2 Å². The molecule has 0 amide bonds. The van der Waals surface area contributed by atoms with E-state index in [1.54, 1.807) is 0 Å². The van der Waals surface area contributed by atoms with Crippen molar-refractivity contribution >= 4 is 5.69 Å². The highest BCUT2D eigenvalue weighted by molar-refractivity contribution is 5.51. The zero-order valence-electron chi connectivity index (χ0n) is 10.4. The van der Waals surface area contributed by atoms with Crippen molar-refractivity contribution in [3.8, 4) is 6.07 Å². The Hall–Kier alpha value is -1.49. The zero-order valence-corrected chi connectivity index (χ0v) is 10.4. The Bertz CT molecular complexity index is 375. The minimum Gasteiger partial charge on any atom is -0.385 e. The minimum absolute atomic E-state index is 0.757. The molecule has 0 radical (unpaired) electrons. The van der Waals surface area contributed by atoms with Crippen LogP contribution in [0.3, 0.4) is 0 Å². The Morgan fingerprint density at radius 3 is 2.69 bits per heavy atom. The van der Waals surface area contributed by atoms with Crippen LogP contribution in [0.5, 0.6) is 0 Å². The molecular weight excluding hydrogens is 196 g/mol. The molecule has 0 bridgehead atoms. The van der Waals surface area contributed by atoms with E-state index in [0.29, 0.717) is 0 Å². The number of nitriles is 1. The van der Waals surface area contributed by atoms with Crippen molar-refractivity contribution in [2.24, 2.45) is 5.92 Å². The van der Waals surface area contributed by atoms with Crippen molar-refractivity contribution in [1.82, 2.24) is 0 Å². The maximum Gasteiger partial charge on any atom is 0.0994 e. The zero-order chi connectivity index (χ0) is 12.0. The highest BCUT2D eigenvalue weighted by atomic mass is 14.9. The highest BCUT2D eigenvalue weighted by Crippen LogP contribution is 2.14. The molecule has 1 N–H and O–H groups in total. The molecule has 0 fully saturated rings. The van der Waals surface area contributed by atoms with Crippen molar-refractivity contribution in [2.75, 3.05) is 11.9 Å². The van der Waals surface area contributed by atoms with Gasteiger partial charge in [-0.05, 0) is 49.4 Å². The summed E-state index contributed by atoms with van der Waals surface area (Å²) < 4.78 is 0. The van der Waals surface area contributed by atoms with Crippen LogP contribution in [0.25, 0.3) is 0 Å². The van der Waals surface area contributed by atoms with Crippen LogP contribution in [0, 0.1) is 24.2 Å². The van der Waals surface area contributed by atoms with Gasteiger partial charge in [0.15, 0.2) is 0 Å². The van der Waals surface area contributed by atoms with Gasteiger partial charge in [-0.1, -0.05) is 13.8 Å². The Kier molecular flexibility index (Phi) is 4.85. The molecule has 2 nitrogen and oxygen atoms in total. The molecule has 16 heavy (non-hydrogen) atoms. The summed E-state index contributed by atoms with van der Waals surface area (Å²) >= 11 is 0. The largest absolute Gasteiger partial charge is 0.385 e. The summed E-state index contributed by atoms with van der Waals surface area (Å²) in [5.41, 5.74) is 2.91. The molecule has 0 heterocycles. The Morgan fingerprint density at radius 2 is 2.12 bits per heavy atom. The number of hydrogen-bond donors (Lipinski definition) is 1.